The van der Waals surface area contributed by atoms with E-state index in [4.69, 9.17) is 14.2 Å². The van der Waals surface area contributed by atoms with E-state index in [-0.39, 0.29) is 40.6 Å². The number of hydrogen-bond donors (Lipinski definition) is 1. The molecule has 2 saturated heterocycles. The number of hydrogen-bond acceptors (Lipinski definition) is 11. The Balaban J connectivity index is 1.34. The fourth-order valence-electron chi connectivity index (χ4n) is 6.27. The van der Waals surface area contributed by atoms with Crippen LogP contribution in [0.25, 0.3) is 11.3 Å². The number of thiazole rings is 1. The van der Waals surface area contributed by atoms with Gasteiger partial charge in [0.1, 0.15) is 17.3 Å². The summed E-state index contributed by atoms with van der Waals surface area (Å²) in [5.74, 6) is -0.512. The van der Waals surface area contributed by atoms with E-state index in [1.165, 1.54) is 36.9 Å². The maximum absolute atomic E-state index is 14.2. The van der Waals surface area contributed by atoms with Crippen LogP contribution in [0.15, 0.2) is 30.6 Å². The van der Waals surface area contributed by atoms with E-state index < -0.39 is 17.6 Å². The molecular formula is C34H43F3N6O5S. The molecule has 2 fully saturated rings. The van der Waals surface area contributed by atoms with Crippen LogP contribution in [0.1, 0.15) is 73.3 Å². The average Bonchev–Trinajstić information content (AvgIpc) is 3.72. The van der Waals surface area contributed by atoms with Crippen molar-refractivity contribution in [3.8, 4) is 17.0 Å². The van der Waals surface area contributed by atoms with Crippen molar-refractivity contribution in [2.75, 3.05) is 56.8 Å². The van der Waals surface area contributed by atoms with Crippen molar-refractivity contribution in [3.05, 3.63) is 46.7 Å². The quantitative estimate of drug-likeness (QED) is 0.148. The third-order valence-electron chi connectivity index (χ3n) is 8.85. The fourth-order valence-corrected chi connectivity index (χ4v) is 7.27. The maximum Gasteiger partial charge on any atom is 0.419 e. The minimum atomic E-state index is -4.65. The standard InChI is InChI=1S/C34H43F3N6O5S/c1-4-24-8-6-13-43(24)21-28-30(23-9-10-27(48-17-7-16-46-3)25(18-23)34(35,36)37)40-33(49-28)41-31(44)26-19-39-29(20-38-26)42-14-11-22(12-15-42)32(45)47-5-2/h9-10,18-20,22,24H,4-8,11-17,21H2,1-3H3,(H,40,41,44)/t24-/m1/s1. The molecule has 2 aliphatic rings. The Morgan fingerprint density at radius 3 is 2.53 bits per heavy atom. The molecule has 0 aliphatic carbocycles. The number of alkyl halides is 3. The van der Waals surface area contributed by atoms with Crippen LogP contribution < -0.4 is 15.0 Å². The van der Waals surface area contributed by atoms with Crippen LogP contribution in [0.2, 0.25) is 0 Å². The summed E-state index contributed by atoms with van der Waals surface area (Å²) in [6, 6.07) is 4.34. The number of esters is 1. The van der Waals surface area contributed by atoms with E-state index in [0.29, 0.717) is 69.7 Å². The van der Waals surface area contributed by atoms with Gasteiger partial charge in [-0.25, -0.2) is 15.0 Å². The zero-order chi connectivity index (χ0) is 35.0. The second-order valence-corrected chi connectivity index (χ2v) is 13.2. The van der Waals surface area contributed by atoms with E-state index in [2.05, 4.69) is 32.1 Å². The monoisotopic (exact) mass is 704 g/mol. The molecule has 1 aromatic carbocycles. The fraction of sp³-hybridized carbons (Fsp3) is 0.559. The molecule has 1 amide bonds. The molecule has 0 saturated carbocycles. The number of methoxy groups -OCH3 is 1. The van der Waals surface area contributed by atoms with Crippen molar-refractivity contribution >= 4 is 34.2 Å². The van der Waals surface area contributed by atoms with Crippen LogP contribution in [0.4, 0.5) is 24.1 Å². The number of aromatic nitrogens is 3. The van der Waals surface area contributed by atoms with Gasteiger partial charge in [-0.1, -0.05) is 18.3 Å². The van der Waals surface area contributed by atoms with Crippen molar-refractivity contribution in [3.63, 3.8) is 0 Å². The average molecular weight is 705 g/mol. The summed E-state index contributed by atoms with van der Waals surface area (Å²) in [6.45, 7) is 7.33. The molecular weight excluding hydrogens is 661 g/mol. The molecule has 0 bridgehead atoms. The molecule has 1 N–H and O–H groups in total. The van der Waals surface area contributed by atoms with Gasteiger partial charge in [0, 0.05) is 56.3 Å². The zero-order valence-electron chi connectivity index (χ0n) is 28.1. The van der Waals surface area contributed by atoms with Gasteiger partial charge in [-0.05, 0) is 63.8 Å². The highest BCUT2D eigenvalue weighted by Gasteiger charge is 2.36. The smallest absolute Gasteiger partial charge is 0.419 e. The van der Waals surface area contributed by atoms with Crippen LogP contribution in [-0.4, -0.2) is 84.3 Å². The molecule has 49 heavy (non-hydrogen) atoms. The maximum atomic E-state index is 14.2. The molecule has 2 aromatic heterocycles. The van der Waals surface area contributed by atoms with Gasteiger partial charge >= 0.3 is 12.1 Å². The van der Waals surface area contributed by atoms with Crippen LogP contribution in [0, 0.1) is 5.92 Å². The molecule has 15 heteroatoms. The van der Waals surface area contributed by atoms with Crippen LogP contribution in [0.3, 0.4) is 0 Å². The molecule has 4 heterocycles. The molecule has 11 nitrogen and oxygen atoms in total. The molecule has 0 radical (unpaired) electrons. The zero-order valence-corrected chi connectivity index (χ0v) is 28.9. The van der Waals surface area contributed by atoms with Crippen molar-refractivity contribution in [1.29, 1.82) is 0 Å². The highest BCUT2D eigenvalue weighted by Crippen LogP contribution is 2.41. The number of nitrogens with one attached hydrogen (secondary N) is 1. The number of carbonyl (C=O) groups excluding carboxylic acids is 2. The van der Waals surface area contributed by atoms with Gasteiger partial charge in [0.2, 0.25) is 0 Å². The third kappa shape index (κ3) is 9.25. The van der Waals surface area contributed by atoms with Gasteiger partial charge in [-0.3, -0.25) is 19.8 Å². The first-order valence-corrected chi connectivity index (χ1v) is 17.5. The summed E-state index contributed by atoms with van der Waals surface area (Å²) in [4.78, 5) is 43.8. The predicted octanol–water partition coefficient (Wildman–Crippen LogP) is 6.44. The first kappa shape index (κ1) is 36.5. The number of anilines is 2. The normalized spacial score (nSPS) is 17.3. The number of piperidine rings is 1. The molecule has 3 aromatic rings. The molecule has 266 valence electrons. The minimum absolute atomic E-state index is 0.0726. The number of amides is 1. The number of nitrogens with zero attached hydrogens (tertiary/aromatic N) is 5. The number of rotatable bonds is 14. The summed E-state index contributed by atoms with van der Waals surface area (Å²) in [7, 11) is 1.52. The van der Waals surface area contributed by atoms with Gasteiger partial charge in [0.25, 0.3) is 5.91 Å². The Morgan fingerprint density at radius 1 is 1.06 bits per heavy atom. The van der Waals surface area contributed by atoms with E-state index in [1.54, 1.807) is 13.0 Å². The lowest BCUT2D eigenvalue weighted by molar-refractivity contribution is -0.148. The van der Waals surface area contributed by atoms with Gasteiger partial charge in [-0.2, -0.15) is 13.2 Å². The van der Waals surface area contributed by atoms with E-state index in [9.17, 15) is 22.8 Å². The summed E-state index contributed by atoms with van der Waals surface area (Å²) in [5, 5.41) is 3.04. The summed E-state index contributed by atoms with van der Waals surface area (Å²) in [6.07, 6.45) is 3.05. The summed E-state index contributed by atoms with van der Waals surface area (Å²) < 4.78 is 58.2. The number of carbonyl (C=O) groups is 2. The number of halogens is 3. The van der Waals surface area contributed by atoms with Crippen LogP contribution >= 0.6 is 11.3 Å². The predicted molar refractivity (Wildman–Crippen MR) is 180 cm³/mol. The van der Waals surface area contributed by atoms with E-state index in [1.807, 2.05) is 4.90 Å². The van der Waals surface area contributed by atoms with Gasteiger partial charge < -0.3 is 19.1 Å². The minimum Gasteiger partial charge on any atom is -0.493 e. The first-order valence-electron chi connectivity index (χ1n) is 16.7. The molecule has 2 aliphatic heterocycles. The second-order valence-electron chi connectivity index (χ2n) is 12.1. The summed E-state index contributed by atoms with van der Waals surface area (Å²) in [5.41, 5.74) is -0.152. The lowest BCUT2D eigenvalue weighted by atomic mass is 9.97. The topological polar surface area (TPSA) is 119 Å². The van der Waals surface area contributed by atoms with Gasteiger partial charge in [0.15, 0.2) is 5.13 Å². The lowest BCUT2D eigenvalue weighted by Crippen LogP contribution is -2.37. The van der Waals surface area contributed by atoms with Gasteiger partial charge in [0.05, 0.1) is 42.8 Å². The van der Waals surface area contributed by atoms with Crippen molar-refractivity contribution in [2.45, 2.75) is 71.1 Å². The van der Waals surface area contributed by atoms with E-state index >= 15 is 0 Å². The van der Waals surface area contributed by atoms with Crippen molar-refractivity contribution in [2.24, 2.45) is 5.92 Å². The number of ether oxygens (including phenoxy) is 3. The Morgan fingerprint density at radius 2 is 1.86 bits per heavy atom. The highest BCUT2D eigenvalue weighted by atomic mass is 32.1. The molecule has 0 spiro atoms. The lowest BCUT2D eigenvalue weighted by Gasteiger charge is -2.31. The van der Waals surface area contributed by atoms with Crippen molar-refractivity contribution < 1.29 is 37.0 Å². The Hall–Kier alpha value is -3.82. The summed E-state index contributed by atoms with van der Waals surface area (Å²) >= 11 is 1.24. The number of benzene rings is 1. The van der Waals surface area contributed by atoms with Crippen LogP contribution in [0.5, 0.6) is 5.75 Å². The third-order valence-corrected chi connectivity index (χ3v) is 9.81. The van der Waals surface area contributed by atoms with Crippen LogP contribution in [-0.2, 0) is 27.0 Å². The Bertz CT molecular complexity index is 1560. The van der Waals surface area contributed by atoms with Gasteiger partial charge in [-0.15, -0.1) is 0 Å². The molecule has 5 rings (SSSR count). The SMILES string of the molecule is CCOC(=O)C1CCN(c2cnc(C(=O)Nc3nc(-c4ccc(OCCCOC)c(C(F)(F)F)c4)c(CN4CCC[C@H]4CC)s3)cn2)CC1. The molecule has 1 atom stereocenters. The van der Waals surface area contributed by atoms with E-state index in [0.717, 1.165) is 36.8 Å². The molecule has 0 unspecified atom stereocenters. The first-order chi connectivity index (χ1) is 23.6. The van der Waals surface area contributed by atoms with Crippen molar-refractivity contribution in [1.82, 2.24) is 19.9 Å². The Kier molecular flexibility index (Phi) is 12.4. The second kappa shape index (κ2) is 16.7. The highest BCUT2D eigenvalue weighted by molar-refractivity contribution is 7.16. The largest absolute Gasteiger partial charge is 0.493 e. The Labute approximate surface area is 288 Å². The number of likely N-dealkylation sites (tertiary alicyclic amines) is 1.